The molecule has 0 fully saturated rings. The number of nitrogens with two attached hydrogens (primary N) is 1. The number of rotatable bonds is 5. The second-order valence-electron chi connectivity index (χ2n) is 4.50. The second kappa shape index (κ2) is 5.95. The molecule has 3 N–H and O–H groups in total. The van der Waals surface area contributed by atoms with Crippen LogP contribution in [0.3, 0.4) is 0 Å². The van der Waals surface area contributed by atoms with Crippen molar-refractivity contribution in [3.8, 4) is 0 Å². The van der Waals surface area contributed by atoms with E-state index in [9.17, 15) is 0 Å². The molecule has 0 aliphatic carbocycles. The Labute approximate surface area is 133 Å². The minimum absolute atomic E-state index is 0.0389. The van der Waals surface area contributed by atoms with E-state index in [0.717, 1.165) is 23.1 Å². The highest BCUT2D eigenvalue weighted by Gasteiger charge is 2.22. The van der Waals surface area contributed by atoms with E-state index in [2.05, 4.69) is 50.9 Å². The first-order valence-corrected chi connectivity index (χ1v) is 8.87. The molecule has 0 amide bonds. The molecule has 20 heavy (non-hydrogen) atoms. The van der Waals surface area contributed by atoms with Crippen LogP contribution in [0.25, 0.3) is 9.40 Å². The number of hydrazine groups is 1. The number of aromatic nitrogens is 2. The Morgan fingerprint density at radius 3 is 3.05 bits per heavy atom. The maximum Gasteiger partial charge on any atom is 0.0982 e. The highest BCUT2D eigenvalue weighted by atomic mass is 79.9. The summed E-state index contributed by atoms with van der Waals surface area (Å²) in [6, 6.07) is 4.33. The number of thiophene rings is 2. The van der Waals surface area contributed by atoms with Crippen LogP contribution in [0.1, 0.15) is 30.0 Å². The van der Waals surface area contributed by atoms with Crippen LogP contribution in [-0.4, -0.2) is 9.78 Å². The fourth-order valence-corrected chi connectivity index (χ4v) is 4.98. The molecule has 0 bridgehead atoms. The normalized spacial score (nSPS) is 13.2. The van der Waals surface area contributed by atoms with E-state index in [1.54, 1.807) is 22.7 Å². The molecule has 3 heterocycles. The van der Waals surface area contributed by atoms with Gasteiger partial charge >= 0.3 is 0 Å². The maximum absolute atomic E-state index is 5.82. The summed E-state index contributed by atoms with van der Waals surface area (Å²) >= 11 is 7.12. The monoisotopic (exact) mass is 370 g/mol. The van der Waals surface area contributed by atoms with Gasteiger partial charge in [0.1, 0.15) is 0 Å². The van der Waals surface area contributed by atoms with Gasteiger partial charge in [0.05, 0.1) is 22.4 Å². The molecule has 106 valence electrons. The van der Waals surface area contributed by atoms with Crippen LogP contribution in [0.4, 0.5) is 0 Å². The van der Waals surface area contributed by atoms with Gasteiger partial charge in [0.2, 0.25) is 0 Å². The molecule has 0 saturated carbocycles. The van der Waals surface area contributed by atoms with Crippen LogP contribution in [-0.2, 0) is 6.54 Å². The Kier molecular flexibility index (Phi) is 4.23. The third-order valence-electron chi connectivity index (χ3n) is 3.15. The van der Waals surface area contributed by atoms with E-state index >= 15 is 0 Å². The lowest BCUT2D eigenvalue weighted by atomic mass is 10.2. The van der Waals surface area contributed by atoms with Crippen molar-refractivity contribution in [1.29, 1.82) is 0 Å². The molecule has 7 heteroatoms. The van der Waals surface area contributed by atoms with Gasteiger partial charge < -0.3 is 0 Å². The van der Waals surface area contributed by atoms with Gasteiger partial charge in [0, 0.05) is 20.8 Å². The van der Waals surface area contributed by atoms with Crippen molar-refractivity contribution in [2.75, 3.05) is 0 Å². The van der Waals surface area contributed by atoms with Gasteiger partial charge in [-0.2, -0.15) is 5.10 Å². The van der Waals surface area contributed by atoms with Crippen LogP contribution in [0.2, 0.25) is 0 Å². The van der Waals surface area contributed by atoms with Gasteiger partial charge in [-0.25, -0.2) is 5.43 Å². The van der Waals surface area contributed by atoms with Crippen molar-refractivity contribution in [2.24, 2.45) is 5.84 Å². The van der Waals surface area contributed by atoms with E-state index < -0.39 is 0 Å². The lowest BCUT2D eigenvalue weighted by Gasteiger charge is -2.17. The summed E-state index contributed by atoms with van der Waals surface area (Å²) in [6.07, 6.45) is 2.88. The Bertz CT molecular complexity index is 686. The number of nitrogens with zero attached hydrogens (tertiary/aromatic N) is 2. The van der Waals surface area contributed by atoms with E-state index in [-0.39, 0.29) is 6.04 Å². The number of hydrogen-bond acceptors (Lipinski definition) is 5. The van der Waals surface area contributed by atoms with E-state index in [0.29, 0.717) is 0 Å². The molecule has 1 atom stereocenters. The molecule has 0 aliphatic heterocycles. The zero-order valence-electron chi connectivity index (χ0n) is 11.0. The minimum atomic E-state index is -0.0389. The largest absolute Gasteiger partial charge is 0.270 e. The highest BCUT2D eigenvalue weighted by molar-refractivity contribution is 9.10. The van der Waals surface area contributed by atoms with Crippen LogP contribution in [0.15, 0.2) is 28.2 Å². The fourth-order valence-electron chi connectivity index (χ4n) is 2.27. The summed E-state index contributed by atoms with van der Waals surface area (Å²) in [5.41, 5.74) is 4.02. The summed E-state index contributed by atoms with van der Waals surface area (Å²) in [7, 11) is 0. The molecular weight excluding hydrogens is 356 g/mol. The number of halogens is 1. The topological polar surface area (TPSA) is 55.9 Å². The molecule has 0 aromatic carbocycles. The van der Waals surface area contributed by atoms with E-state index in [4.69, 9.17) is 5.84 Å². The van der Waals surface area contributed by atoms with Crippen molar-refractivity contribution in [1.82, 2.24) is 15.2 Å². The van der Waals surface area contributed by atoms with Crippen molar-refractivity contribution < 1.29 is 0 Å². The summed E-state index contributed by atoms with van der Waals surface area (Å²) in [4.78, 5) is 1.22. The molecule has 0 spiro atoms. The van der Waals surface area contributed by atoms with Crippen molar-refractivity contribution in [3.05, 3.63) is 38.8 Å². The molecule has 3 aromatic heterocycles. The van der Waals surface area contributed by atoms with Crippen LogP contribution < -0.4 is 11.3 Å². The average Bonchev–Trinajstić information content (AvgIpc) is 3.09. The first kappa shape index (κ1) is 14.2. The van der Waals surface area contributed by atoms with Gasteiger partial charge in [0.15, 0.2) is 0 Å². The molecule has 4 nitrogen and oxygen atoms in total. The van der Waals surface area contributed by atoms with Crippen LogP contribution in [0.5, 0.6) is 0 Å². The SMILES string of the molecule is CCCn1ncc(Br)c1C(NN)c1cc2sccc2s1. The number of hydrogen-bond donors (Lipinski definition) is 2. The zero-order chi connectivity index (χ0) is 14.1. The predicted molar refractivity (Wildman–Crippen MR) is 89.1 cm³/mol. The van der Waals surface area contributed by atoms with Gasteiger partial charge in [-0.05, 0) is 39.9 Å². The molecular formula is C13H15BrN4S2. The molecule has 0 saturated heterocycles. The Hall–Kier alpha value is -0.730. The first-order chi connectivity index (χ1) is 9.74. The van der Waals surface area contributed by atoms with Gasteiger partial charge in [-0.1, -0.05) is 6.92 Å². The van der Waals surface area contributed by atoms with Crippen molar-refractivity contribution in [3.63, 3.8) is 0 Å². The van der Waals surface area contributed by atoms with Gasteiger partial charge in [0.25, 0.3) is 0 Å². The lowest BCUT2D eigenvalue weighted by Crippen LogP contribution is -2.30. The number of nitrogens with one attached hydrogen (secondary N) is 1. The van der Waals surface area contributed by atoms with Gasteiger partial charge in [-0.15, -0.1) is 22.7 Å². The summed E-state index contributed by atoms with van der Waals surface area (Å²) in [5, 5.41) is 6.54. The van der Waals surface area contributed by atoms with Crippen LogP contribution in [0, 0.1) is 0 Å². The highest BCUT2D eigenvalue weighted by Crippen LogP contribution is 2.37. The second-order valence-corrected chi connectivity index (χ2v) is 7.42. The quantitative estimate of drug-likeness (QED) is 0.529. The van der Waals surface area contributed by atoms with E-state index in [1.165, 1.54) is 14.3 Å². The number of aryl methyl sites for hydroxylation is 1. The van der Waals surface area contributed by atoms with Gasteiger partial charge in [-0.3, -0.25) is 10.5 Å². The lowest BCUT2D eigenvalue weighted by molar-refractivity contribution is 0.523. The Morgan fingerprint density at radius 2 is 2.35 bits per heavy atom. The first-order valence-electron chi connectivity index (χ1n) is 6.38. The van der Waals surface area contributed by atoms with Crippen molar-refractivity contribution >= 4 is 48.0 Å². The number of fused-ring (bicyclic) bond motifs is 1. The Morgan fingerprint density at radius 1 is 1.50 bits per heavy atom. The molecule has 0 aliphatic rings. The Balaban J connectivity index is 2.05. The fraction of sp³-hybridized carbons (Fsp3) is 0.308. The molecule has 3 rings (SSSR count). The standard InChI is InChI=1S/C13H15BrN4S2/c1-2-4-18-13(8(14)7-16-18)12(17-15)11-6-10-9(20-11)3-5-19-10/h3,5-7,12,17H,2,4,15H2,1H3. The zero-order valence-corrected chi connectivity index (χ0v) is 14.2. The van der Waals surface area contributed by atoms with E-state index in [1.807, 2.05) is 10.9 Å². The summed E-state index contributed by atoms with van der Waals surface area (Å²) in [5.74, 6) is 5.82. The van der Waals surface area contributed by atoms with Crippen LogP contribution >= 0.6 is 38.6 Å². The molecule has 3 aromatic rings. The average molecular weight is 371 g/mol. The minimum Gasteiger partial charge on any atom is -0.270 e. The summed E-state index contributed by atoms with van der Waals surface area (Å²) in [6.45, 7) is 3.03. The smallest absolute Gasteiger partial charge is 0.0982 e. The third-order valence-corrected chi connectivity index (χ3v) is 5.92. The molecule has 1 unspecified atom stereocenters. The molecule has 0 radical (unpaired) electrons. The van der Waals surface area contributed by atoms with Crippen molar-refractivity contribution in [2.45, 2.75) is 25.9 Å². The maximum atomic E-state index is 5.82. The third kappa shape index (κ3) is 2.44. The predicted octanol–water partition coefficient (Wildman–Crippen LogP) is 3.88. The summed E-state index contributed by atoms with van der Waals surface area (Å²) < 4.78 is 5.62.